The summed E-state index contributed by atoms with van der Waals surface area (Å²) in [6.07, 6.45) is -0.381. The molecule has 0 aromatic carbocycles. The molecular weight excluding hydrogens is 314 g/mol. The van der Waals surface area contributed by atoms with Crippen LogP contribution < -0.4 is 5.43 Å². The van der Waals surface area contributed by atoms with Gasteiger partial charge in [-0.05, 0) is 0 Å². The molecule has 3 N–H and O–H groups in total. The summed E-state index contributed by atoms with van der Waals surface area (Å²) in [4.78, 5) is 57.0. The topological polar surface area (TPSA) is 160 Å². The average molecular weight is 327 g/mol. The van der Waals surface area contributed by atoms with Gasteiger partial charge in [0, 0.05) is 12.3 Å². The van der Waals surface area contributed by atoms with Crippen LogP contribution in [-0.4, -0.2) is 39.1 Å². The number of hydrogen-bond donors (Lipinski definition) is 3. The Morgan fingerprint density at radius 2 is 1.48 bits per heavy atom. The van der Waals surface area contributed by atoms with Crippen LogP contribution in [0.2, 0.25) is 0 Å². The molecule has 124 valence electrons. The highest BCUT2D eigenvalue weighted by atomic mass is 16.5. The zero-order valence-corrected chi connectivity index (χ0v) is 11.7. The van der Waals surface area contributed by atoms with Crippen molar-refractivity contribution in [2.24, 2.45) is 0 Å². The zero-order chi connectivity index (χ0) is 17.4. The molecule has 0 fully saturated rings. The molecular formula is C13H13NO9. The number of esters is 2. The van der Waals surface area contributed by atoms with Gasteiger partial charge >= 0.3 is 23.9 Å². The van der Waals surface area contributed by atoms with Crippen molar-refractivity contribution >= 4 is 23.9 Å². The van der Waals surface area contributed by atoms with Crippen LogP contribution in [0.5, 0.6) is 0 Å². The molecule has 0 atom stereocenters. The largest absolute Gasteiger partial charge is 0.481 e. The molecule has 1 aromatic rings. The summed E-state index contributed by atoms with van der Waals surface area (Å²) in [7, 11) is 0. The van der Waals surface area contributed by atoms with E-state index in [0.29, 0.717) is 0 Å². The van der Waals surface area contributed by atoms with E-state index in [4.69, 9.17) is 10.2 Å². The Hall–Kier alpha value is -3.17. The molecule has 0 aliphatic rings. The van der Waals surface area contributed by atoms with Crippen LogP contribution in [-0.2, 0) is 41.9 Å². The second-order valence-electron chi connectivity index (χ2n) is 4.31. The van der Waals surface area contributed by atoms with Crippen molar-refractivity contribution in [3.8, 4) is 0 Å². The molecule has 1 aromatic heterocycles. The molecule has 0 bridgehead atoms. The van der Waals surface area contributed by atoms with Crippen LogP contribution >= 0.6 is 0 Å². The van der Waals surface area contributed by atoms with Gasteiger partial charge in [-0.1, -0.05) is 0 Å². The third-order valence-corrected chi connectivity index (χ3v) is 2.42. The van der Waals surface area contributed by atoms with Crippen LogP contribution in [0.4, 0.5) is 0 Å². The van der Waals surface area contributed by atoms with Gasteiger partial charge in [-0.3, -0.25) is 24.0 Å². The standard InChI is InChI=1S/C13H13NO9/c15-9-1-8(6-23-13(21)3-11(18)19)14-4-7(9)5-22-12(20)2-10(16)17/h1,4H,2-3,5-6H2,(H,14,15)(H,16,17)(H,18,19). The molecule has 0 saturated carbocycles. The highest BCUT2D eigenvalue weighted by Gasteiger charge is 2.12. The number of H-pyrrole nitrogens is 1. The first-order valence-electron chi connectivity index (χ1n) is 6.23. The number of nitrogens with one attached hydrogen (secondary N) is 1. The Morgan fingerprint density at radius 1 is 0.957 bits per heavy atom. The summed E-state index contributed by atoms with van der Waals surface area (Å²) in [5, 5.41) is 16.8. The van der Waals surface area contributed by atoms with E-state index in [0.717, 1.165) is 6.07 Å². The number of ether oxygens (including phenoxy) is 2. The van der Waals surface area contributed by atoms with Gasteiger partial charge in [0.1, 0.15) is 26.1 Å². The highest BCUT2D eigenvalue weighted by molar-refractivity contribution is 5.90. The zero-order valence-electron chi connectivity index (χ0n) is 11.7. The van der Waals surface area contributed by atoms with Gasteiger partial charge in [0.2, 0.25) is 0 Å². The normalized spacial score (nSPS) is 9.91. The Labute approximate surface area is 128 Å². The van der Waals surface area contributed by atoms with Gasteiger partial charge < -0.3 is 24.7 Å². The summed E-state index contributed by atoms with van der Waals surface area (Å²) in [5.74, 6) is -4.61. The molecule has 0 amide bonds. The van der Waals surface area contributed by atoms with Crippen LogP contribution in [0, 0.1) is 0 Å². The SMILES string of the molecule is O=C(O)CC(=O)OCc1cc(=O)c(COC(=O)CC(=O)O)c[nH]1. The number of carboxylic acid groups (broad SMARTS) is 2. The van der Waals surface area contributed by atoms with Crippen molar-refractivity contribution in [1.29, 1.82) is 0 Å². The van der Waals surface area contributed by atoms with E-state index >= 15 is 0 Å². The first kappa shape index (κ1) is 17.9. The Kier molecular flexibility index (Phi) is 6.46. The number of carbonyl (C=O) groups excluding carboxylic acids is 2. The van der Waals surface area contributed by atoms with Gasteiger partial charge in [-0.15, -0.1) is 0 Å². The van der Waals surface area contributed by atoms with Crippen molar-refractivity contribution in [3.05, 3.63) is 33.7 Å². The number of carboxylic acids is 2. The van der Waals surface area contributed by atoms with E-state index in [1.54, 1.807) is 0 Å². The number of aromatic nitrogens is 1. The van der Waals surface area contributed by atoms with E-state index in [9.17, 15) is 24.0 Å². The predicted octanol–water partition coefficient (Wildman–Crippen LogP) is -0.589. The number of hydrogen-bond acceptors (Lipinski definition) is 7. The van der Waals surface area contributed by atoms with Crippen LogP contribution in [0.3, 0.4) is 0 Å². The summed E-state index contributed by atoms with van der Waals surface area (Å²) in [6.45, 7) is -0.721. The Bertz CT molecular complexity index is 676. The smallest absolute Gasteiger partial charge is 0.317 e. The van der Waals surface area contributed by atoms with Crippen LogP contribution in [0.15, 0.2) is 17.1 Å². The Balaban J connectivity index is 2.56. The van der Waals surface area contributed by atoms with Crippen molar-refractivity contribution in [1.82, 2.24) is 4.98 Å². The first-order valence-corrected chi connectivity index (χ1v) is 6.23. The maximum absolute atomic E-state index is 11.7. The number of aliphatic carboxylic acids is 2. The molecule has 10 nitrogen and oxygen atoms in total. The van der Waals surface area contributed by atoms with Crippen molar-refractivity contribution in [2.75, 3.05) is 0 Å². The van der Waals surface area contributed by atoms with Gasteiger partial charge in [0.15, 0.2) is 5.43 Å². The summed E-state index contributed by atoms with van der Waals surface area (Å²) in [5.41, 5.74) is -0.227. The first-order chi connectivity index (χ1) is 10.8. The van der Waals surface area contributed by atoms with Gasteiger partial charge in [0.05, 0.1) is 11.3 Å². The molecule has 0 spiro atoms. The van der Waals surface area contributed by atoms with E-state index in [-0.39, 0.29) is 17.9 Å². The highest BCUT2D eigenvalue weighted by Crippen LogP contribution is 2.00. The number of carbonyl (C=O) groups is 4. The minimum Gasteiger partial charge on any atom is -0.481 e. The quantitative estimate of drug-likeness (QED) is 0.418. The molecule has 0 saturated heterocycles. The van der Waals surface area contributed by atoms with Gasteiger partial charge in [-0.25, -0.2) is 0 Å². The van der Waals surface area contributed by atoms with Crippen molar-refractivity contribution < 1.29 is 38.9 Å². The monoisotopic (exact) mass is 327 g/mol. The van der Waals surface area contributed by atoms with E-state index < -0.39 is 48.8 Å². The molecule has 1 rings (SSSR count). The molecule has 1 heterocycles. The summed E-state index contributed by atoms with van der Waals surface area (Å²) < 4.78 is 9.25. The summed E-state index contributed by atoms with van der Waals surface area (Å²) >= 11 is 0. The lowest BCUT2D eigenvalue weighted by Crippen LogP contribution is -2.17. The predicted molar refractivity (Wildman–Crippen MR) is 71.2 cm³/mol. The third-order valence-electron chi connectivity index (χ3n) is 2.42. The fourth-order valence-electron chi connectivity index (χ4n) is 1.41. The van der Waals surface area contributed by atoms with E-state index in [1.165, 1.54) is 6.20 Å². The molecule has 23 heavy (non-hydrogen) atoms. The second kappa shape index (κ2) is 8.32. The minimum absolute atomic E-state index is 0.0735. The summed E-state index contributed by atoms with van der Waals surface area (Å²) in [6, 6.07) is 1.09. The second-order valence-corrected chi connectivity index (χ2v) is 4.31. The lowest BCUT2D eigenvalue weighted by Gasteiger charge is -2.06. The van der Waals surface area contributed by atoms with Crippen LogP contribution in [0.1, 0.15) is 24.1 Å². The number of aromatic amines is 1. The van der Waals surface area contributed by atoms with E-state index in [1.807, 2.05) is 0 Å². The lowest BCUT2D eigenvalue weighted by molar-refractivity contribution is -0.154. The van der Waals surface area contributed by atoms with Crippen molar-refractivity contribution in [3.63, 3.8) is 0 Å². The fourth-order valence-corrected chi connectivity index (χ4v) is 1.41. The van der Waals surface area contributed by atoms with Crippen LogP contribution in [0.25, 0.3) is 0 Å². The molecule has 0 aliphatic heterocycles. The van der Waals surface area contributed by atoms with E-state index in [2.05, 4.69) is 14.5 Å². The molecule has 0 aliphatic carbocycles. The molecule has 0 radical (unpaired) electrons. The minimum atomic E-state index is -1.34. The fraction of sp³-hybridized carbons (Fsp3) is 0.308. The third kappa shape index (κ3) is 6.89. The number of rotatable bonds is 8. The lowest BCUT2D eigenvalue weighted by atomic mass is 10.2. The average Bonchev–Trinajstić information content (AvgIpc) is 2.42. The maximum atomic E-state index is 11.7. The molecule has 10 heteroatoms. The maximum Gasteiger partial charge on any atom is 0.317 e. The van der Waals surface area contributed by atoms with Crippen molar-refractivity contribution in [2.45, 2.75) is 26.1 Å². The Morgan fingerprint density at radius 3 is 1.96 bits per heavy atom. The van der Waals surface area contributed by atoms with Gasteiger partial charge in [-0.2, -0.15) is 0 Å². The number of pyridine rings is 1. The molecule has 0 unspecified atom stereocenters. The van der Waals surface area contributed by atoms with Gasteiger partial charge in [0.25, 0.3) is 0 Å².